The third-order valence-corrected chi connectivity index (χ3v) is 3.21. The van der Waals surface area contributed by atoms with E-state index in [1.54, 1.807) is 0 Å². The topological polar surface area (TPSA) is 72.6 Å². The van der Waals surface area contributed by atoms with Crippen molar-refractivity contribution in [2.75, 3.05) is 0 Å². The van der Waals surface area contributed by atoms with E-state index in [1.807, 2.05) is 0 Å². The molecule has 0 fully saturated rings. The summed E-state index contributed by atoms with van der Waals surface area (Å²) >= 11 is 3.04. The van der Waals surface area contributed by atoms with E-state index in [2.05, 4.69) is 15.9 Å². The van der Waals surface area contributed by atoms with Gasteiger partial charge in [0.25, 0.3) is 0 Å². The molecule has 0 saturated carbocycles. The minimum atomic E-state index is -1.07. The van der Waals surface area contributed by atoms with Crippen molar-refractivity contribution in [1.82, 2.24) is 0 Å². The lowest BCUT2D eigenvalue weighted by molar-refractivity contribution is -0.385. The van der Waals surface area contributed by atoms with E-state index in [0.29, 0.717) is 0 Å². The Labute approximate surface area is 126 Å². The van der Waals surface area contributed by atoms with E-state index in [1.165, 1.54) is 12.1 Å². The van der Waals surface area contributed by atoms with Crippen LogP contribution in [0.3, 0.4) is 0 Å². The number of aliphatic hydroxyl groups is 1. The summed E-state index contributed by atoms with van der Waals surface area (Å²) in [6.45, 7) is -0.538. The number of para-hydroxylation sites is 1. The molecule has 0 heterocycles. The molecule has 2 rings (SSSR count). The van der Waals surface area contributed by atoms with Crippen molar-refractivity contribution in [3.8, 4) is 11.5 Å². The first-order valence-corrected chi connectivity index (χ1v) is 6.43. The third kappa shape index (κ3) is 3.17. The summed E-state index contributed by atoms with van der Waals surface area (Å²) in [5.41, 5.74) is -0.409. The molecule has 0 saturated heterocycles. The molecule has 0 spiro atoms. The number of aliphatic hydroxyl groups excluding tert-OH is 1. The molecule has 110 valence electrons. The summed E-state index contributed by atoms with van der Waals surface area (Å²) in [6.07, 6.45) is 0. The fraction of sp³-hybridized carbons (Fsp3) is 0.0769. The van der Waals surface area contributed by atoms with Gasteiger partial charge >= 0.3 is 5.69 Å². The molecule has 0 amide bonds. The highest BCUT2D eigenvalue weighted by molar-refractivity contribution is 9.10. The highest BCUT2D eigenvalue weighted by Crippen LogP contribution is 2.39. The molecule has 0 aromatic heterocycles. The number of halogens is 3. The minimum absolute atomic E-state index is 0.0268. The highest BCUT2D eigenvalue weighted by atomic mass is 79.9. The molecule has 0 aliphatic heterocycles. The molecule has 1 N–H and O–H groups in total. The predicted octanol–water partition coefficient (Wildman–Crippen LogP) is 3.92. The molecule has 0 unspecified atom stereocenters. The summed E-state index contributed by atoms with van der Waals surface area (Å²) in [6, 6.07) is 5.77. The quantitative estimate of drug-likeness (QED) is 0.663. The molecule has 0 radical (unpaired) electrons. The number of nitro benzene ring substituents is 1. The normalized spacial score (nSPS) is 10.5. The molecule has 2 aromatic rings. The van der Waals surface area contributed by atoms with Crippen LogP contribution in [0.15, 0.2) is 34.8 Å². The van der Waals surface area contributed by atoms with Gasteiger partial charge in [-0.15, -0.1) is 0 Å². The Morgan fingerprint density at radius 3 is 2.38 bits per heavy atom. The number of hydrogen-bond acceptors (Lipinski definition) is 4. The van der Waals surface area contributed by atoms with E-state index >= 15 is 0 Å². The number of hydrogen-bond donors (Lipinski definition) is 1. The van der Waals surface area contributed by atoms with E-state index in [4.69, 9.17) is 9.84 Å². The minimum Gasteiger partial charge on any atom is -0.443 e. The maximum Gasteiger partial charge on any atom is 0.312 e. The second-order valence-corrected chi connectivity index (χ2v) is 4.85. The average molecular weight is 360 g/mol. The van der Waals surface area contributed by atoms with E-state index in [9.17, 15) is 18.9 Å². The summed E-state index contributed by atoms with van der Waals surface area (Å²) in [5.74, 6) is -3.22. The van der Waals surface area contributed by atoms with Gasteiger partial charge in [0.15, 0.2) is 17.4 Å². The van der Waals surface area contributed by atoms with Crippen molar-refractivity contribution in [2.45, 2.75) is 6.61 Å². The maximum absolute atomic E-state index is 13.8. The van der Waals surface area contributed by atoms with Crippen molar-refractivity contribution >= 4 is 21.6 Å². The lowest BCUT2D eigenvalue weighted by atomic mass is 10.2. The Morgan fingerprint density at radius 1 is 1.24 bits per heavy atom. The van der Waals surface area contributed by atoms with Crippen LogP contribution in [-0.4, -0.2) is 10.0 Å². The number of benzene rings is 2. The van der Waals surface area contributed by atoms with Gasteiger partial charge in [0.1, 0.15) is 0 Å². The van der Waals surface area contributed by atoms with Crippen LogP contribution in [0.4, 0.5) is 14.5 Å². The average Bonchev–Trinajstić information content (AvgIpc) is 2.43. The van der Waals surface area contributed by atoms with Gasteiger partial charge in [0.05, 0.1) is 16.0 Å². The Kier molecular flexibility index (Phi) is 4.49. The molecule has 0 aliphatic carbocycles. The summed E-state index contributed by atoms with van der Waals surface area (Å²) in [5, 5.41) is 19.8. The van der Waals surface area contributed by atoms with E-state index < -0.39 is 34.6 Å². The molecule has 0 aliphatic rings. The van der Waals surface area contributed by atoms with Crippen LogP contribution in [0.25, 0.3) is 0 Å². The van der Waals surface area contributed by atoms with Gasteiger partial charge in [0, 0.05) is 6.07 Å². The summed E-state index contributed by atoms with van der Waals surface area (Å²) in [7, 11) is 0. The largest absolute Gasteiger partial charge is 0.443 e. The van der Waals surface area contributed by atoms with Crippen molar-refractivity contribution in [3.63, 3.8) is 0 Å². The van der Waals surface area contributed by atoms with E-state index in [0.717, 1.165) is 18.2 Å². The maximum atomic E-state index is 13.8. The van der Waals surface area contributed by atoms with Crippen LogP contribution in [0, 0.1) is 21.7 Å². The molecular weight excluding hydrogens is 352 g/mol. The number of nitro groups is 1. The molecule has 21 heavy (non-hydrogen) atoms. The van der Waals surface area contributed by atoms with Crippen LogP contribution in [0.5, 0.6) is 11.5 Å². The molecule has 5 nitrogen and oxygen atoms in total. The number of rotatable bonds is 4. The van der Waals surface area contributed by atoms with Crippen molar-refractivity contribution in [2.24, 2.45) is 0 Å². The van der Waals surface area contributed by atoms with Gasteiger partial charge in [-0.3, -0.25) is 10.1 Å². The first kappa shape index (κ1) is 15.3. The lowest BCUT2D eigenvalue weighted by Crippen LogP contribution is -1.99. The zero-order chi connectivity index (χ0) is 15.6. The van der Waals surface area contributed by atoms with Crippen molar-refractivity contribution < 1.29 is 23.5 Å². The fourth-order valence-corrected chi connectivity index (χ4v) is 2.08. The number of ether oxygens (including phenoxy) is 1. The van der Waals surface area contributed by atoms with Crippen LogP contribution >= 0.6 is 15.9 Å². The summed E-state index contributed by atoms with van der Waals surface area (Å²) in [4.78, 5) is 10.2. The third-order valence-electron chi connectivity index (χ3n) is 2.59. The Balaban J connectivity index is 2.51. The van der Waals surface area contributed by atoms with Crippen LogP contribution in [-0.2, 0) is 6.61 Å². The van der Waals surface area contributed by atoms with E-state index in [-0.39, 0.29) is 15.8 Å². The van der Waals surface area contributed by atoms with Gasteiger partial charge in [-0.2, -0.15) is 0 Å². The lowest BCUT2D eigenvalue weighted by Gasteiger charge is -2.10. The van der Waals surface area contributed by atoms with Gasteiger partial charge in [-0.05, 0) is 39.7 Å². The zero-order valence-corrected chi connectivity index (χ0v) is 11.9. The summed E-state index contributed by atoms with van der Waals surface area (Å²) < 4.78 is 32.8. The van der Waals surface area contributed by atoms with Gasteiger partial charge in [-0.1, -0.05) is 6.07 Å². The Bertz CT molecular complexity index is 686. The van der Waals surface area contributed by atoms with Crippen LogP contribution < -0.4 is 4.74 Å². The highest BCUT2D eigenvalue weighted by Gasteiger charge is 2.22. The second kappa shape index (κ2) is 6.15. The SMILES string of the molecule is O=[N+]([O-])c1cccc(Br)c1Oc1c(F)cc(CO)cc1F. The first-order chi connectivity index (χ1) is 9.93. The molecular formula is C13H8BrF2NO4. The van der Waals surface area contributed by atoms with Crippen LogP contribution in [0.2, 0.25) is 0 Å². The van der Waals surface area contributed by atoms with Crippen molar-refractivity contribution in [3.05, 3.63) is 62.1 Å². The molecule has 2 aromatic carbocycles. The van der Waals surface area contributed by atoms with Crippen LogP contribution in [0.1, 0.15) is 5.56 Å². The molecule has 8 heteroatoms. The predicted molar refractivity (Wildman–Crippen MR) is 73.2 cm³/mol. The zero-order valence-electron chi connectivity index (χ0n) is 10.3. The first-order valence-electron chi connectivity index (χ1n) is 5.63. The fourth-order valence-electron chi connectivity index (χ4n) is 1.65. The molecule has 0 atom stereocenters. The smallest absolute Gasteiger partial charge is 0.312 e. The second-order valence-electron chi connectivity index (χ2n) is 3.99. The van der Waals surface area contributed by atoms with Gasteiger partial charge in [0.2, 0.25) is 5.75 Å². The standard InChI is InChI=1S/C13H8BrF2NO4/c14-8-2-1-3-11(17(19)20)12(8)21-13-9(15)4-7(6-18)5-10(13)16/h1-5,18H,6H2. The van der Waals surface area contributed by atoms with Gasteiger partial charge in [-0.25, -0.2) is 8.78 Å². The Morgan fingerprint density at radius 2 is 1.86 bits per heavy atom. The van der Waals surface area contributed by atoms with Gasteiger partial charge < -0.3 is 9.84 Å². The molecule has 0 bridgehead atoms. The number of nitrogens with zero attached hydrogens (tertiary/aromatic N) is 1. The Hall–Kier alpha value is -2.06. The van der Waals surface area contributed by atoms with Crippen molar-refractivity contribution in [1.29, 1.82) is 0 Å². The monoisotopic (exact) mass is 359 g/mol.